The predicted octanol–water partition coefficient (Wildman–Crippen LogP) is 5.95. The SMILES string of the molecule is C=O.CCC.CCC.CCCCCOCCCC(=O)NC.CCCN.NC=O.Nc1ccc(COc2ccc(N)cc2)cc1.O=CO. The number of hydrogen-bond donors (Lipinski definition) is 6. The van der Waals surface area contributed by atoms with Crippen LogP contribution in [0.2, 0.25) is 0 Å². The molecule has 0 aliphatic rings. The van der Waals surface area contributed by atoms with Crippen molar-refractivity contribution in [3.05, 3.63) is 54.1 Å². The van der Waals surface area contributed by atoms with Crippen molar-refractivity contribution in [1.29, 1.82) is 0 Å². The van der Waals surface area contributed by atoms with Gasteiger partial charge in [-0.15, -0.1) is 0 Å². The third kappa shape index (κ3) is 61.6. The van der Waals surface area contributed by atoms with Gasteiger partial charge in [0.1, 0.15) is 19.1 Å². The Morgan fingerprint density at radius 3 is 1.55 bits per heavy atom. The van der Waals surface area contributed by atoms with Crippen LogP contribution in [0.25, 0.3) is 0 Å². The molecule has 12 nitrogen and oxygen atoms in total. The molecule has 0 saturated carbocycles. The Balaban J connectivity index is -0.000000120. The molecule has 0 radical (unpaired) electrons. The third-order valence-corrected chi connectivity index (χ3v) is 4.42. The average Bonchev–Trinajstić information content (AvgIpc) is 3.07. The van der Waals surface area contributed by atoms with E-state index in [0.717, 1.165) is 55.1 Å². The van der Waals surface area contributed by atoms with Gasteiger partial charge in [0.15, 0.2) is 0 Å². The van der Waals surface area contributed by atoms with Crippen molar-refractivity contribution in [1.82, 2.24) is 5.32 Å². The van der Waals surface area contributed by atoms with Gasteiger partial charge in [-0.3, -0.25) is 14.4 Å². The average molecular weight is 670 g/mol. The molecule has 274 valence electrons. The number of nitrogens with one attached hydrogen (secondary N) is 1. The van der Waals surface area contributed by atoms with Crippen LogP contribution in [0.15, 0.2) is 48.5 Å². The standard InChI is InChI=1S/C13H14N2O.C10H21NO2.C3H9N.2C3H8.CH3NO.CH2O2.CH2O/c14-11-3-1-10(2-4-11)9-16-13-7-5-12(15)6-8-13;1-3-4-5-8-13-9-6-7-10(12)11-2;1-2-3-4;2*1-3-2;2*2-1-3;1-2/h1-8H,9,14-15H2;3-9H2,1-2H3,(H,11,12);2-4H2,1H3;2*3H2,1-2H3;1H,(H2,2,3);1H,(H,2,3);1H2. The number of rotatable bonds is 12. The summed E-state index contributed by atoms with van der Waals surface area (Å²) in [6.45, 7) is 17.4. The highest BCUT2D eigenvalue weighted by atomic mass is 16.5. The lowest BCUT2D eigenvalue weighted by molar-refractivity contribution is -0.123. The highest BCUT2D eigenvalue weighted by molar-refractivity contribution is 5.75. The van der Waals surface area contributed by atoms with Crippen LogP contribution in [0.5, 0.6) is 5.75 Å². The summed E-state index contributed by atoms with van der Waals surface area (Å²) in [7, 11) is 1.66. The molecule has 47 heavy (non-hydrogen) atoms. The Bertz CT molecular complexity index is 801. The minimum absolute atomic E-state index is 0.0946. The lowest BCUT2D eigenvalue weighted by Gasteiger charge is -2.06. The fourth-order valence-corrected chi connectivity index (χ4v) is 2.36. The van der Waals surface area contributed by atoms with Crippen LogP contribution >= 0.6 is 0 Å². The Morgan fingerprint density at radius 1 is 0.809 bits per heavy atom. The van der Waals surface area contributed by atoms with E-state index in [1.807, 2.05) is 55.3 Å². The van der Waals surface area contributed by atoms with Gasteiger partial charge in [-0.2, -0.15) is 0 Å². The molecular formula is C35H67N5O7. The predicted molar refractivity (Wildman–Crippen MR) is 197 cm³/mol. The molecule has 0 aromatic heterocycles. The topological polar surface area (TPSA) is 223 Å². The van der Waals surface area contributed by atoms with Crippen LogP contribution in [0.1, 0.15) is 98.5 Å². The maximum atomic E-state index is 10.8. The molecule has 0 bridgehead atoms. The number of amides is 2. The van der Waals surface area contributed by atoms with Crippen molar-refractivity contribution in [3.63, 3.8) is 0 Å². The fraction of sp³-hybridized carbons (Fsp3) is 0.543. The molecule has 0 fully saturated rings. The number of anilines is 2. The van der Waals surface area contributed by atoms with E-state index in [2.05, 4.69) is 52.6 Å². The van der Waals surface area contributed by atoms with Crippen molar-refractivity contribution < 1.29 is 33.8 Å². The molecule has 2 aromatic carbocycles. The second kappa shape index (κ2) is 54.3. The van der Waals surface area contributed by atoms with Crippen molar-refractivity contribution in [2.75, 3.05) is 38.3 Å². The molecule has 2 aromatic rings. The highest BCUT2D eigenvalue weighted by Crippen LogP contribution is 2.15. The maximum absolute atomic E-state index is 10.8. The smallest absolute Gasteiger partial charge is 0.290 e. The minimum Gasteiger partial charge on any atom is -0.489 e. The molecular weight excluding hydrogens is 602 g/mol. The normalized spacial score (nSPS) is 8.17. The number of unbranched alkanes of at least 4 members (excludes halogenated alkanes) is 2. The lowest BCUT2D eigenvalue weighted by atomic mass is 10.2. The largest absolute Gasteiger partial charge is 0.489 e. The van der Waals surface area contributed by atoms with E-state index in [4.69, 9.17) is 46.2 Å². The summed E-state index contributed by atoms with van der Waals surface area (Å²) in [6, 6.07) is 15.0. The summed E-state index contributed by atoms with van der Waals surface area (Å²) < 4.78 is 10.9. The van der Waals surface area contributed by atoms with Crippen LogP contribution in [-0.2, 0) is 30.5 Å². The lowest BCUT2D eigenvalue weighted by Crippen LogP contribution is -2.17. The zero-order valence-electron chi connectivity index (χ0n) is 30.2. The maximum Gasteiger partial charge on any atom is 0.290 e. The summed E-state index contributed by atoms with van der Waals surface area (Å²) in [5, 5.41) is 9.47. The molecule has 12 heteroatoms. The first-order valence-corrected chi connectivity index (χ1v) is 16.0. The second-order valence-electron chi connectivity index (χ2n) is 9.14. The van der Waals surface area contributed by atoms with Crippen molar-refractivity contribution >= 4 is 37.0 Å². The van der Waals surface area contributed by atoms with Crippen molar-refractivity contribution in [2.24, 2.45) is 11.5 Å². The van der Waals surface area contributed by atoms with Crippen molar-refractivity contribution in [3.8, 4) is 5.75 Å². The van der Waals surface area contributed by atoms with E-state index < -0.39 is 0 Å². The van der Waals surface area contributed by atoms with Gasteiger partial charge in [0.2, 0.25) is 12.3 Å². The van der Waals surface area contributed by atoms with Crippen LogP contribution in [0.3, 0.4) is 0 Å². The monoisotopic (exact) mass is 670 g/mol. The quantitative estimate of drug-likeness (QED) is 0.0884. The number of primary amides is 1. The zero-order chi connectivity index (χ0) is 37.6. The summed E-state index contributed by atoms with van der Waals surface area (Å²) in [6.07, 6.45) is 8.84. The highest BCUT2D eigenvalue weighted by Gasteiger charge is 1.97. The molecule has 2 amide bonds. The Morgan fingerprint density at radius 2 is 1.19 bits per heavy atom. The Kier molecular flexibility index (Phi) is 63.9. The number of carboxylic acid groups (broad SMARTS) is 1. The van der Waals surface area contributed by atoms with Gasteiger partial charge >= 0.3 is 0 Å². The van der Waals surface area contributed by atoms with Crippen molar-refractivity contribution in [2.45, 2.75) is 99.5 Å². The van der Waals surface area contributed by atoms with Gasteiger partial charge in [0.05, 0.1) is 0 Å². The molecule has 0 spiro atoms. The second-order valence-corrected chi connectivity index (χ2v) is 9.14. The number of nitrogens with two attached hydrogens (primary N) is 4. The van der Waals surface area contributed by atoms with Gasteiger partial charge in [0, 0.05) is 38.1 Å². The van der Waals surface area contributed by atoms with Gasteiger partial charge in [-0.25, -0.2) is 0 Å². The molecule has 0 atom stereocenters. The van der Waals surface area contributed by atoms with E-state index in [1.54, 1.807) is 7.05 Å². The fourth-order valence-electron chi connectivity index (χ4n) is 2.36. The first-order valence-electron chi connectivity index (χ1n) is 16.0. The van der Waals surface area contributed by atoms with Gasteiger partial charge in [0.25, 0.3) is 6.47 Å². The van der Waals surface area contributed by atoms with E-state index in [9.17, 15) is 4.79 Å². The summed E-state index contributed by atoms with van der Waals surface area (Å²) in [5.74, 6) is 0.906. The Labute approximate surface area is 284 Å². The van der Waals surface area contributed by atoms with Crippen LogP contribution in [0.4, 0.5) is 11.4 Å². The van der Waals surface area contributed by atoms with E-state index in [0.29, 0.717) is 19.6 Å². The van der Waals surface area contributed by atoms with Crippen LogP contribution in [-0.4, -0.2) is 57.5 Å². The van der Waals surface area contributed by atoms with E-state index >= 15 is 0 Å². The number of carbonyl (C=O) groups excluding carboxylic acids is 3. The first-order chi connectivity index (χ1) is 22.6. The minimum atomic E-state index is -0.250. The number of hydrogen-bond acceptors (Lipinski definition) is 9. The van der Waals surface area contributed by atoms with Gasteiger partial charge in [-0.05, 0) is 67.8 Å². The molecule has 2 rings (SSSR count). The molecule has 10 N–H and O–H groups in total. The third-order valence-electron chi connectivity index (χ3n) is 4.42. The number of carbonyl (C=O) groups is 4. The van der Waals surface area contributed by atoms with E-state index in [1.165, 1.54) is 25.7 Å². The summed E-state index contributed by atoms with van der Waals surface area (Å²) in [5.41, 5.74) is 23.0. The van der Waals surface area contributed by atoms with E-state index in [-0.39, 0.29) is 18.8 Å². The van der Waals surface area contributed by atoms with Crippen LogP contribution < -0.4 is 33.0 Å². The van der Waals surface area contributed by atoms with Crippen LogP contribution in [0, 0.1) is 0 Å². The first kappa shape index (κ1) is 55.3. The van der Waals surface area contributed by atoms with Gasteiger partial charge < -0.3 is 47.6 Å². The molecule has 0 unspecified atom stereocenters. The summed E-state index contributed by atoms with van der Waals surface area (Å²) >= 11 is 0. The number of nitrogen functional groups attached to an aromatic ring is 2. The molecule has 0 aliphatic heterocycles. The zero-order valence-corrected chi connectivity index (χ0v) is 30.2. The Hall–Kier alpha value is -4.16. The summed E-state index contributed by atoms with van der Waals surface area (Å²) in [4.78, 5) is 35.7. The molecule has 0 aliphatic carbocycles. The molecule has 0 heterocycles. The number of benzene rings is 2. The van der Waals surface area contributed by atoms with Gasteiger partial charge in [-0.1, -0.05) is 79.4 Å². The number of ether oxygens (including phenoxy) is 2. The molecule has 0 saturated heterocycles.